The summed E-state index contributed by atoms with van der Waals surface area (Å²) in [5, 5.41) is 0. The summed E-state index contributed by atoms with van der Waals surface area (Å²) in [6.07, 6.45) is 7.10. The highest BCUT2D eigenvalue weighted by molar-refractivity contribution is 9.10. The first kappa shape index (κ1) is 14.6. The number of aryl methyl sites for hydroxylation is 1. The van der Waals surface area contributed by atoms with Gasteiger partial charge in [0.25, 0.3) is 0 Å². The molecule has 1 aliphatic rings. The highest BCUT2D eigenvalue weighted by Gasteiger charge is 2.13. The smallest absolute Gasteiger partial charge is 0.0257 e. The van der Waals surface area contributed by atoms with E-state index in [9.17, 15) is 0 Å². The summed E-state index contributed by atoms with van der Waals surface area (Å²) in [4.78, 5) is 0. The molecule has 0 bridgehead atoms. The third-order valence-corrected chi connectivity index (χ3v) is 4.84. The first-order valence-corrected chi connectivity index (χ1v) is 8.55. The molecule has 3 rings (SSSR count). The van der Waals surface area contributed by atoms with E-state index in [0.717, 1.165) is 6.42 Å². The fourth-order valence-corrected chi connectivity index (χ4v) is 3.61. The summed E-state index contributed by atoms with van der Waals surface area (Å²) in [6, 6.07) is 13.6. The van der Waals surface area contributed by atoms with Crippen LogP contribution in [0.15, 0.2) is 46.4 Å². The van der Waals surface area contributed by atoms with Crippen molar-refractivity contribution in [3.05, 3.63) is 63.1 Å². The molecule has 0 fully saturated rings. The molecule has 0 unspecified atom stereocenters. The average Bonchev–Trinajstić information content (AvgIpc) is 2.84. The van der Waals surface area contributed by atoms with Gasteiger partial charge in [0.15, 0.2) is 0 Å². The van der Waals surface area contributed by atoms with Crippen LogP contribution in [0.25, 0.3) is 17.2 Å². The molecule has 2 aromatic carbocycles. The number of allylic oxidation sites excluding steroid dienone is 1. The van der Waals surface area contributed by atoms with Gasteiger partial charge in [0, 0.05) is 4.47 Å². The predicted octanol–water partition coefficient (Wildman–Crippen LogP) is 6.42. The van der Waals surface area contributed by atoms with Gasteiger partial charge in [-0.15, -0.1) is 0 Å². The van der Waals surface area contributed by atoms with E-state index in [1.54, 1.807) is 0 Å². The van der Waals surface area contributed by atoms with Crippen LogP contribution < -0.4 is 0 Å². The SMILES string of the molecule is CCCCc1ccc(-c2cc3c(cc2Br)CC(C)=C3)cc1. The van der Waals surface area contributed by atoms with Crippen molar-refractivity contribution in [1.29, 1.82) is 0 Å². The topological polar surface area (TPSA) is 0 Å². The van der Waals surface area contributed by atoms with E-state index in [1.807, 2.05) is 0 Å². The molecule has 0 saturated carbocycles. The Kier molecular flexibility index (Phi) is 4.30. The van der Waals surface area contributed by atoms with Crippen LogP contribution in [0.5, 0.6) is 0 Å². The van der Waals surface area contributed by atoms with E-state index < -0.39 is 0 Å². The standard InChI is InChI=1S/C20H21Br/c1-3-4-5-15-6-8-16(9-7-15)19-12-17-10-14(2)11-18(17)13-20(19)21/h6-10,12-13H,3-5,11H2,1-2H3. The minimum atomic E-state index is 1.09. The lowest BCUT2D eigenvalue weighted by molar-refractivity contribution is 0.795. The second kappa shape index (κ2) is 6.19. The van der Waals surface area contributed by atoms with Crippen molar-refractivity contribution >= 4 is 22.0 Å². The Morgan fingerprint density at radius 3 is 2.57 bits per heavy atom. The fraction of sp³-hybridized carbons (Fsp3) is 0.300. The Bertz CT molecular complexity index is 678. The Hall–Kier alpha value is -1.34. The van der Waals surface area contributed by atoms with Crippen molar-refractivity contribution in [2.24, 2.45) is 0 Å². The summed E-state index contributed by atoms with van der Waals surface area (Å²) in [5.74, 6) is 0. The minimum absolute atomic E-state index is 1.09. The van der Waals surface area contributed by atoms with Crippen molar-refractivity contribution < 1.29 is 0 Å². The zero-order chi connectivity index (χ0) is 14.8. The normalized spacial score (nSPS) is 13.2. The van der Waals surface area contributed by atoms with Gasteiger partial charge < -0.3 is 0 Å². The Morgan fingerprint density at radius 1 is 1.10 bits per heavy atom. The molecule has 0 amide bonds. The van der Waals surface area contributed by atoms with E-state index in [2.05, 4.69) is 72.3 Å². The number of unbranched alkanes of at least 4 members (excludes halogenated alkanes) is 1. The number of rotatable bonds is 4. The maximum absolute atomic E-state index is 3.74. The van der Waals surface area contributed by atoms with Crippen molar-refractivity contribution in [2.75, 3.05) is 0 Å². The lowest BCUT2D eigenvalue weighted by Crippen LogP contribution is -1.89. The van der Waals surface area contributed by atoms with E-state index in [0.29, 0.717) is 0 Å². The molecule has 0 N–H and O–H groups in total. The van der Waals surface area contributed by atoms with Gasteiger partial charge in [0.2, 0.25) is 0 Å². The summed E-state index contributed by atoms with van der Waals surface area (Å²) < 4.78 is 1.20. The quantitative estimate of drug-likeness (QED) is 0.602. The van der Waals surface area contributed by atoms with Crippen LogP contribution in [0.4, 0.5) is 0 Å². The molecule has 1 heteroatoms. The van der Waals surface area contributed by atoms with Crippen LogP contribution in [0.1, 0.15) is 43.4 Å². The Balaban J connectivity index is 1.92. The molecule has 108 valence electrons. The molecular weight excluding hydrogens is 320 g/mol. The van der Waals surface area contributed by atoms with E-state index in [-0.39, 0.29) is 0 Å². The third-order valence-electron chi connectivity index (χ3n) is 4.18. The fourth-order valence-electron chi connectivity index (χ4n) is 2.99. The van der Waals surface area contributed by atoms with Crippen molar-refractivity contribution in [3.63, 3.8) is 0 Å². The molecule has 0 radical (unpaired) electrons. The van der Waals surface area contributed by atoms with Crippen LogP contribution >= 0.6 is 15.9 Å². The molecule has 0 aliphatic heterocycles. The summed E-state index contributed by atoms with van der Waals surface area (Å²) in [7, 11) is 0. The summed E-state index contributed by atoms with van der Waals surface area (Å²) >= 11 is 3.74. The third kappa shape index (κ3) is 3.13. The Morgan fingerprint density at radius 2 is 1.86 bits per heavy atom. The summed E-state index contributed by atoms with van der Waals surface area (Å²) in [5.41, 5.74) is 8.28. The van der Waals surface area contributed by atoms with Crippen LogP contribution in [0.2, 0.25) is 0 Å². The van der Waals surface area contributed by atoms with Gasteiger partial charge in [-0.3, -0.25) is 0 Å². The number of hydrogen-bond acceptors (Lipinski definition) is 0. The molecule has 1 aliphatic carbocycles. The highest BCUT2D eigenvalue weighted by Crippen LogP contribution is 2.35. The second-order valence-corrected chi connectivity index (χ2v) is 6.85. The Labute approximate surface area is 136 Å². The van der Waals surface area contributed by atoms with Crippen molar-refractivity contribution in [1.82, 2.24) is 0 Å². The van der Waals surface area contributed by atoms with E-state index >= 15 is 0 Å². The van der Waals surface area contributed by atoms with Gasteiger partial charge in [-0.2, -0.15) is 0 Å². The van der Waals surface area contributed by atoms with Crippen LogP contribution in [-0.2, 0) is 12.8 Å². The number of halogens is 1. The zero-order valence-corrected chi connectivity index (χ0v) is 14.3. The zero-order valence-electron chi connectivity index (χ0n) is 12.7. The number of fused-ring (bicyclic) bond motifs is 1. The van der Waals surface area contributed by atoms with Gasteiger partial charge in [0.05, 0.1) is 0 Å². The maximum Gasteiger partial charge on any atom is 0.0257 e. The molecule has 2 aromatic rings. The van der Waals surface area contributed by atoms with Crippen molar-refractivity contribution in [3.8, 4) is 11.1 Å². The van der Waals surface area contributed by atoms with Gasteiger partial charge in [-0.1, -0.05) is 65.2 Å². The maximum atomic E-state index is 3.74. The lowest BCUT2D eigenvalue weighted by Gasteiger charge is -2.09. The summed E-state index contributed by atoms with van der Waals surface area (Å²) in [6.45, 7) is 4.45. The van der Waals surface area contributed by atoms with Gasteiger partial charge >= 0.3 is 0 Å². The molecule has 0 heterocycles. The number of benzene rings is 2. The van der Waals surface area contributed by atoms with Gasteiger partial charge in [0.1, 0.15) is 0 Å². The van der Waals surface area contributed by atoms with Gasteiger partial charge in [-0.05, 0) is 66.1 Å². The van der Waals surface area contributed by atoms with Crippen molar-refractivity contribution in [2.45, 2.75) is 39.5 Å². The molecule has 0 nitrogen and oxygen atoms in total. The van der Waals surface area contributed by atoms with E-state index in [1.165, 1.54) is 57.1 Å². The molecule has 0 spiro atoms. The average molecular weight is 341 g/mol. The molecule has 0 atom stereocenters. The highest BCUT2D eigenvalue weighted by atomic mass is 79.9. The first-order chi connectivity index (χ1) is 10.2. The van der Waals surface area contributed by atoms with Crippen LogP contribution in [0.3, 0.4) is 0 Å². The predicted molar refractivity (Wildman–Crippen MR) is 95.5 cm³/mol. The molecular formula is C20H21Br. The largest absolute Gasteiger partial charge is 0.0683 e. The first-order valence-electron chi connectivity index (χ1n) is 7.76. The number of hydrogen-bond donors (Lipinski definition) is 0. The van der Waals surface area contributed by atoms with Crippen LogP contribution in [0, 0.1) is 0 Å². The molecule has 0 saturated heterocycles. The minimum Gasteiger partial charge on any atom is -0.0683 e. The lowest BCUT2D eigenvalue weighted by atomic mass is 9.98. The van der Waals surface area contributed by atoms with Gasteiger partial charge in [-0.25, -0.2) is 0 Å². The molecule has 0 aromatic heterocycles. The monoisotopic (exact) mass is 340 g/mol. The second-order valence-electron chi connectivity index (χ2n) is 6.00. The van der Waals surface area contributed by atoms with Crippen LogP contribution in [-0.4, -0.2) is 0 Å². The van der Waals surface area contributed by atoms with E-state index in [4.69, 9.17) is 0 Å². The molecule has 21 heavy (non-hydrogen) atoms.